The van der Waals surface area contributed by atoms with Crippen LogP contribution in [0.5, 0.6) is 0 Å². The van der Waals surface area contributed by atoms with E-state index in [1.165, 1.54) is 0 Å². The maximum absolute atomic E-state index is 12.7. The summed E-state index contributed by atoms with van der Waals surface area (Å²) in [6.07, 6.45) is 0. The standard InChI is InChI=1S/C19H20Cl2N6O2S/c1-9(2)22-18(29)16-10(3)23-19(30-16)24-17(28)15-11(4)27(26-25-15)8-12-5-6-13(20)14(21)7-12/h5-7,9H,8H2,1-4H3,(H,22,29)(H,23,24,28). The molecule has 0 bridgehead atoms. The van der Waals surface area contributed by atoms with Crippen molar-refractivity contribution in [1.29, 1.82) is 0 Å². The minimum Gasteiger partial charge on any atom is -0.349 e. The van der Waals surface area contributed by atoms with Gasteiger partial charge in [0.25, 0.3) is 11.8 Å². The fourth-order valence-electron chi connectivity index (χ4n) is 2.68. The van der Waals surface area contributed by atoms with Crippen molar-refractivity contribution in [3.05, 3.63) is 55.8 Å². The molecule has 0 saturated carbocycles. The molecule has 2 amide bonds. The van der Waals surface area contributed by atoms with E-state index in [0.717, 1.165) is 16.9 Å². The second-order valence-electron chi connectivity index (χ2n) is 6.95. The van der Waals surface area contributed by atoms with Crippen LogP contribution in [0.3, 0.4) is 0 Å². The Hall–Kier alpha value is -2.49. The van der Waals surface area contributed by atoms with Crippen LogP contribution in [0.1, 0.15) is 51.0 Å². The molecule has 0 aliphatic carbocycles. The average Bonchev–Trinajstić information content (AvgIpc) is 3.20. The van der Waals surface area contributed by atoms with Crippen LogP contribution < -0.4 is 10.6 Å². The molecular weight excluding hydrogens is 447 g/mol. The lowest BCUT2D eigenvalue weighted by Crippen LogP contribution is -2.29. The third-order valence-corrected chi connectivity index (χ3v) is 5.97. The van der Waals surface area contributed by atoms with Crippen molar-refractivity contribution in [2.45, 2.75) is 40.3 Å². The van der Waals surface area contributed by atoms with Crippen molar-refractivity contribution in [2.75, 3.05) is 5.32 Å². The highest BCUT2D eigenvalue weighted by Crippen LogP contribution is 2.24. The molecule has 0 radical (unpaired) electrons. The quantitative estimate of drug-likeness (QED) is 0.569. The summed E-state index contributed by atoms with van der Waals surface area (Å²) in [7, 11) is 0. The van der Waals surface area contributed by atoms with Crippen molar-refractivity contribution >= 4 is 51.5 Å². The summed E-state index contributed by atoms with van der Waals surface area (Å²) in [5, 5.41) is 14.8. The number of nitrogens with zero attached hydrogens (tertiary/aromatic N) is 4. The predicted molar refractivity (Wildman–Crippen MR) is 118 cm³/mol. The molecule has 0 fully saturated rings. The molecule has 2 aromatic heterocycles. The van der Waals surface area contributed by atoms with Gasteiger partial charge in [-0.3, -0.25) is 14.9 Å². The number of halogens is 2. The average molecular weight is 467 g/mol. The Labute approximate surface area is 187 Å². The first-order chi connectivity index (χ1) is 14.2. The Balaban J connectivity index is 1.74. The second kappa shape index (κ2) is 9.11. The van der Waals surface area contributed by atoms with Crippen LogP contribution in [0.25, 0.3) is 0 Å². The predicted octanol–water partition coefficient (Wildman–Crippen LogP) is 4.10. The second-order valence-corrected chi connectivity index (χ2v) is 8.76. The SMILES string of the molecule is Cc1nc(NC(=O)c2nnn(Cc3ccc(Cl)c(Cl)c3)c2C)sc1C(=O)NC(C)C. The molecule has 0 aliphatic heterocycles. The topological polar surface area (TPSA) is 102 Å². The van der Waals surface area contributed by atoms with E-state index in [4.69, 9.17) is 23.2 Å². The number of hydrogen-bond acceptors (Lipinski definition) is 6. The van der Waals surface area contributed by atoms with Crippen LogP contribution in [0.2, 0.25) is 10.0 Å². The molecule has 2 N–H and O–H groups in total. The lowest BCUT2D eigenvalue weighted by Gasteiger charge is -2.06. The zero-order valence-corrected chi connectivity index (χ0v) is 19.1. The van der Waals surface area contributed by atoms with Crippen molar-refractivity contribution < 1.29 is 9.59 Å². The molecule has 0 spiro atoms. The molecule has 1 aromatic carbocycles. The number of carbonyl (C=O) groups excluding carboxylic acids is 2. The molecular formula is C19H20Cl2N6O2S. The van der Waals surface area contributed by atoms with Crippen molar-refractivity contribution in [1.82, 2.24) is 25.3 Å². The zero-order chi connectivity index (χ0) is 22.0. The summed E-state index contributed by atoms with van der Waals surface area (Å²) in [5.41, 5.74) is 2.19. The van der Waals surface area contributed by atoms with Gasteiger partial charge in [-0.2, -0.15) is 0 Å². The first-order valence-corrected chi connectivity index (χ1v) is 10.7. The largest absolute Gasteiger partial charge is 0.349 e. The molecule has 30 heavy (non-hydrogen) atoms. The van der Waals surface area contributed by atoms with Crippen LogP contribution in [-0.4, -0.2) is 37.8 Å². The van der Waals surface area contributed by atoms with E-state index in [1.54, 1.807) is 30.7 Å². The van der Waals surface area contributed by atoms with Crippen molar-refractivity contribution in [3.63, 3.8) is 0 Å². The number of aryl methyl sites for hydroxylation is 1. The number of rotatable bonds is 6. The number of nitrogens with one attached hydrogen (secondary N) is 2. The first-order valence-electron chi connectivity index (χ1n) is 9.09. The summed E-state index contributed by atoms with van der Waals surface area (Å²) in [4.78, 5) is 29.6. The molecule has 8 nitrogen and oxygen atoms in total. The first kappa shape index (κ1) is 22.2. The molecule has 3 aromatic rings. The van der Waals surface area contributed by atoms with Gasteiger partial charge in [-0.1, -0.05) is 45.8 Å². The van der Waals surface area contributed by atoms with Crippen LogP contribution in [-0.2, 0) is 6.54 Å². The van der Waals surface area contributed by atoms with E-state index < -0.39 is 5.91 Å². The van der Waals surface area contributed by atoms with Gasteiger partial charge in [0.1, 0.15) is 4.88 Å². The molecule has 3 rings (SSSR count). The molecule has 0 atom stereocenters. The zero-order valence-electron chi connectivity index (χ0n) is 16.8. The third kappa shape index (κ3) is 4.97. The molecule has 11 heteroatoms. The molecule has 158 valence electrons. The van der Waals surface area contributed by atoms with E-state index >= 15 is 0 Å². The van der Waals surface area contributed by atoms with Gasteiger partial charge in [0.15, 0.2) is 10.8 Å². The maximum atomic E-state index is 12.7. The van der Waals surface area contributed by atoms with Gasteiger partial charge in [0.2, 0.25) is 0 Å². The van der Waals surface area contributed by atoms with Crippen molar-refractivity contribution in [2.24, 2.45) is 0 Å². The van der Waals surface area contributed by atoms with Gasteiger partial charge < -0.3 is 5.32 Å². The molecule has 0 aliphatic rings. The number of aromatic nitrogens is 4. The van der Waals surface area contributed by atoms with Gasteiger partial charge in [0.05, 0.1) is 28.0 Å². The van der Waals surface area contributed by atoms with Crippen LogP contribution >= 0.6 is 34.5 Å². The van der Waals surface area contributed by atoms with Gasteiger partial charge in [-0.15, -0.1) is 5.10 Å². The highest BCUT2D eigenvalue weighted by atomic mass is 35.5. The summed E-state index contributed by atoms with van der Waals surface area (Å²) >= 11 is 13.1. The molecule has 0 saturated heterocycles. The van der Waals surface area contributed by atoms with E-state index in [1.807, 2.05) is 19.9 Å². The van der Waals surface area contributed by atoms with E-state index in [0.29, 0.717) is 38.0 Å². The van der Waals surface area contributed by atoms with Gasteiger partial charge in [-0.05, 0) is 45.4 Å². The number of hydrogen-bond donors (Lipinski definition) is 2. The Bertz CT molecular complexity index is 1110. The summed E-state index contributed by atoms with van der Waals surface area (Å²) in [6, 6.07) is 5.28. The fraction of sp³-hybridized carbons (Fsp3) is 0.316. The van der Waals surface area contributed by atoms with Crippen LogP contribution in [0, 0.1) is 13.8 Å². The minimum atomic E-state index is -0.447. The molecule has 0 unspecified atom stereocenters. The maximum Gasteiger partial charge on any atom is 0.279 e. The van der Waals surface area contributed by atoms with Crippen LogP contribution in [0.4, 0.5) is 5.13 Å². The number of thiazole rings is 1. The Morgan fingerprint density at radius 1 is 1.17 bits per heavy atom. The number of carbonyl (C=O) groups is 2. The molecule has 2 heterocycles. The highest BCUT2D eigenvalue weighted by molar-refractivity contribution is 7.17. The smallest absolute Gasteiger partial charge is 0.279 e. The van der Waals surface area contributed by atoms with Crippen LogP contribution in [0.15, 0.2) is 18.2 Å². The fourth-order valence-corrected chi connectivity index (χ4v) is 3.86. The number of benzene rings is 1. The third-order valence-electron chi connectivity index (χ3n) is 4.16. The Morgan fingerprint density at radius 2 is 1.90 bits per heavy atom. The summed E-state index contributed by atoms with van der Waals surface area (Å²) < 4.78 is 1.60. The number of amides is 2. The summed E-state index contributed by atoms with van der Waals surface area (Å²) in [5.74, 6) is -0.665. The Kier molecular flexibility index (Phi) is 6.74. The van der Waals surface area contributed by atoms with E-state index in [-0.39, 0.29) is 17.6 Å². The lowest BCUT2D eigenvalue weighted by atomic mass is 10.2. The van der Waals surface area contributed by atoms with E-state index in [9.17, 15) is 9.59 Å². The van der Waals surface area contributed by atoms with Crippen molar-refractivity contribution in [3.8, 4) is 0 Å². The highest BCUT2D eigenvalue weighted by Gasteiger charge is 2.21. The Morgan fingerprint density at radius 3 is 2.57 bits per heavy atom. The number of anilines is 1. The minimum absolute atomic E-state index is 0.00486. The summed E-state index contributed by atoms with van der Waals surface area (Å²) in [6.45, 7) is 7.61. The van der Waals surface area contributed by atoms with Gasteiger partial charge in [-0.25, -0.2) is 9.67 Å². The normalized spacial score (nSPS) is 11.0. The monoisotopic (exact) mass is 466 g/mol. The van der Waals surface area contributed by atoms with E-state index in [2.05, 4.69) is 25.9 Å². The van der Waals surface area contributed by atoms with Gasteiger partial charge >= 0.3 is 0 Å². The lowest BCUT2D eigenvalue weighted by molar-refractivity contribution is 0.0945. The van der Waals surface area contributed by atoms with Gasteiger partial charge in [0, 0.05) is 6.04 Å².